The Morgan fingerprint density at radius 3 is 1.12 bits per heavy atom. The molecule has 21 rings (SSSR count). The fourth-order valence-electron chi connectivity index (χ4n) is 17.8. The van der Waals surface area contributed by atoms with Crippen molar-refractivity contribution >= 4 is 144 Å². The zero-order chi connectivity index (χ0) is 68.2. The molecule has 0 spiro atoms. The van der Waals surface area contributed by atoms with E-state index in [0.717, 1.165) is 89.9 Å². The average Bonchev–Trinajstić information content (AvgIpc) is 0.816. The molecule has 19 aromatic rings. The monoisotopic (exact) mass is 1310 g/mol. The summed E-state index contributed by atoms with van der Waals surface area (Å²) in [5.74, 6) is 0. The summed E-state index contributed by atoms with van der Waals surface area (Å²) in [5, 5.41) is 14.6. The molecule has 0 radical (unpaired) electrons. The predicted octanol–water partition coefficient (Wildman–Crippen LogP) is 24.5. The third-order valence-electron chi connectivity index (χ3n) is 22.4. The van der Waals surface area contributed by atoms with Gasteiger partial charge < -0.3 is 18.9 Å². The van der Waals surface area contributed by atoms with Crippen LogP contribution < -0.4 is 26.2 Å². The van der Waals surface area contributed by atoms with Crippen molar-refractivity contribution in [1.82, 2.24) is 9.13 Å². The summed E-state index contributed by atoms with van der Waals surface area (Å²) < 4.78 is 5.01. The fourth-order valence-corrected chi connectivity index (χ4v) is 17.8. The summed E-state index contributed by atoms with van der Waals surface area (Å²) in [5.41, 5.74) is 27.4. The van der Waals surface area contributed by atoms with Crippen LogP contribution in [-0.4, -0.2) is 15.8 Å². The SMILES string of the molecule is CC(C)(C)c1cc2c3c(c1)N(c1c(-c4cccc5c4ccc4ccccc45)cccc1-c1cc4ccccc4c4ccccc14)c1cc(-n4c5ccccc5c5ccccc54)ccc1B3c1ccc(-n3c4ccccc4c4ccccc43)cc1N2c1c(-c2ccccc2)cccc1-c1ccccc1. The first-order valence-electron chi connectivity index (χ1n) is 36.0. The summed E-state index contributed by atoms with van der Waals surface area (Å²) in [4.78, 5) is 5.46. The van der Waals surface area contributed by atoms with E-state index in [0.29, 0.717) is 0 Å². The van der Waals surface area contributed by atoms with E-state index in [1.54, 1.807) is 0 Å². The minimum Gasteiger partial charge on any atom is -0.310 e. The van der Waals surface area contributed by atoms with Gasteiger partial charge in [-0.05, 0) is 159 Å². The van der Waals surface area contributed by atoms with Crippen LogP contribution in [0.15, 0.2) is 352 Å². The molecule has 0 unspecified atom stereocenters. The molecule has 4 heterocycles. The van der Waals surface area contributed by atoms with Gasteiger partial charge in [-0.2, -0.15) is 0 Å². The lowest BCUT2D eigenvalue weighted by molar-refractivity contribution is 0.590. The number of anilines is 6. The smallest absolute Gasteiger partial charge is 0.252 e. The standard InChI is InChI=1S/C98H67BN4/c1-98(2,3)66-58-93-95-94(59-66)103(97-82(75-44-25-43-74-69-33-12-10-31-64(69)51-54-77(74)75)45-26-46-83(97)84-57-65-32-11-13-34-70(65)73-35-14-15-36-76(73)84)92-61-68(101-89-49-22-18-39-80(89)81-40-19-23-50-90(81)101)53-56-86(92)99(95)85-55-52-67(100-87-47-20-16-37-78(87)79-38-17-21-48-88(79)100)60-91(85)102(93)96-71(62-27-6-4-7-28-62)41-24-42-72(96)63-29-8-5-9-30-63/h4-61H,1-3H3. The molecule has 103 heavy (non-hydrogen) atoms. The summed E-state index contributed by atoms with van der Waals surface area (Å²) in [6.45, 7) is 6.95. The van der Waals surface area contributed by atoms with Gasteiger partial charge in [0.15, 0.2) is 0 Å². The lowest BCUT2D eigenvalue weighted by Gasteiger charge is -2.46. The molecule has 2 aromatic heterocycles. The quantitative estimate of drug-likeness (QED) is 0.111. The molecule has 0 saturated heterocycles. The number of rotatable bonds is 8. The van der Waals surface area contributed by atoms with Gasteiger partial charge >= 0.3 is 0 Å². The third kappa shape index (κ3) is 8.92. The summed E-state index contributed by atoms with van der Waals surface area (Å²) >= 11 is 0. The van der Waals surface area contributed by atoms with Crippen molar-refractivity contribution in [2.45, 2.75) is 26.2 Å². The molecule has 2 aliphatic rings. The van der Waals surface area contributed by atoms with Crippen LogP contribution in [0.1, 0.15) is 26.3 Å². The van der Waals surface area contributed by atoms with E-state index < -0.39 is 0 Å². The number of benzene rings is 17. The maximum atomic E-state index is 2.75. The van der Waals surface area contributed by atoms with E-state index in [4.69, 9.17) is 0 Å². The van der Waals surface area contributed by atoms with Gasteiger partial charge in [0, 0.05) is 77.9 Å². The molecule has 482 valence electrons. The van der Waals surface area contributed by atoms with Gasteiger partial charge in [0.05, 0.1) is 33.4 Å². The van der Waals surface area contributed by atoms with Crippen LogP contribution in [-0.2, 0) is 5.41 Å². The van der Waals surface area contributed by atoms with E-state index >= 15 is 0 Å². The molecule has 0 aliphatic carbocycles. The van der Waals surface area contributed by atoms with E-state index in [9.17, 15) is 0 Å². The predicted molar refractivity (Wildman–Crippen MR) is 440 cm³/mol. The Balaban J connectivity index is 0.951. The Labute approximate surface area is 598 Å². The number of fused-ring (bicyclic) bond motifs is 16. The second-order valence-corrected chi connectivity index (χ2v) is 29.0. The molecule has 0 atom stereocenters. The Hall–Kier alpha value is -13.0. The topological polar surface area (TPSA) is 16.3 Å². The molecule has 0 saturated carbocycles. The van der Waals surface area contributed by atoms with E-state index in [1.807, 2.05) is 0 Å². The minimum atomic E-state index is -0.344. The molecule has 4 nitrogen and oxygen atoms in total. The third-order valence-corrected chi connectivity index (χ3v) is 22.4. The molecular formula is C98H67BN4. The zero-order valence-corrected chi connectivity index (χ0v) is 57.4. The first kappa shape index (κ1) is 59.0. The summed E-state index contributed by atoms with van der Waals surface area (Å²) in [7, 11) is 0. The highest BCUT2D eigenvalue weighted by Gasteiger charge is 2.46. The maximum Gasteiger partial charge on any atom is 0.252 e. The normalized spacial score (nSPS) is 12.7. The van der Waals surface area contributed by atoms with Crippen molar-refractivity contribution in [1.29, 1.82) is 0 Å². The highest BCUT2D eigenvalue weighted by molar-refractivity contribution is 7.00. The molecule has 5 heteroatoms. The van der Waals surface area contributed by atoms with E-state index in [1.165, 1.54) is 109 Å². The lowest BCUT2D eigenvalue weighted by Crippen LogP contribution is -2.61. The van der Waals surface area contributed by atoms with Gasteiger partial charge in [-0.3, -0.25) is 0 Å². The van der Waals surface area contributed by atoms with Gasteiger partial charge in [-0.25, -0.2) is 0 Å². The Morgan fingerprint density at radius 1 is 0.243 bits per heavy atom. The van der Waals surface area contributed by atoms with Crippen LogP contribution in [0.2, 0.25) is 0 Å². The van der Waals surface area contributed by atoms with Crippen LogP contribution in [0.3, 0.4) is 0 Å². The Bertz CT molecular complexity index is 6590. The van der Waals surface area contributed by atoms with Crippen molar-refractivity contribution in [3.63, 3.8) is 0 Å². The van der Waals surface area contributed by atoms with Crippen molar-refractivity contribution in [3.05, 3.63) is 357 Å². The van der Waals surface area contributed by atoms with Crippen LogP contribution in [0.5, 0.6) is 0 Å². The number of nitrogens with zero attached hydrogens (tertiary/aromatic N) is 4. The molecule has 0 fully saturated rings. The molecule has 0 N–H and O–H groups in total. The van der Waals surface area contributed by atoms with Crippen molar-refractivity contribution in [2.24, 2.45) is 0 Å². The highest BCUT2D eigenvalue weighted by Crippen LogP contribution is 2.56. The number of aromatic nitrogens is 2. The summed E-state index contributed by atoms with van der Waals surface area (Å²) in [6.07, 6.45) is 0. The Kier molecular flexibility index (Phi) is 13.0. The summed E-state index contributed by atoms with van der Waals surface area (Å²) in [6, 6.07) is 133. The second-order valence-electron chi connectivity index (χ2n) is 29.0. The molecule has 0 amide bonds. The van der Waals surface area contributed by atoms with Gasteiger partial charge in [0.1, 0.15) is 0 Å². The molecule has 0 bridgehead atoms. The first-order chi connectivity index (χ1) is 50.8. The van der Waals surface area contributed by atoms with Gasteiger partial charge in [-0.1, -0.05) is 306 Å². The second kappa shape index (κ2) is 22.8. The first-order valence-corrected chi connectivity index (χ1v) is 36.0. The van der Waals surface area contributed by atoms with Crippen LogP contribution in [0, 0.1) is 0 Å². The van der Waals surface area contributed by atoms with Crippen molar-refractivity contribution in [3.8, 4) is 55.9 Å². The fraction of sp³-hybridized carbons (Fsp3) is 0.0408. The van der Waals surface area contributed by atoms with E-state index in [-0.39, 0.29) is 12.1 Å². The van der Waals surface area contributed by atoms with Crippen LogP contribution in [0.4, 0.5) is 34.1 Å². The van der Waals surface area contributed by atoms with Crippen LogP contribution >= 0.6 is 0 Å². The molecular weight excluding hydrogens is 1240 g/mol. The molecule has 2 aliphatic heterocycles. The number of hydrogen-bond acceptors (Lipinski definition) is 2. The van der Waals surface area contributed by atoms with Crippen LogP contribution in [0.25, 0.3) is 143 Å². The highest BCUT2D eigenvalue weighted by atomic mass is 15.2. The largest absolute Gasteiger partial charge is 0.310 e. The van der Waals surface area contributed by atoms with Gasteiger partial charge in [-0.15, -0.1) is 0 Å². The molecule has 17 aromatic carbocycles. The Morgan fingerprint density at radius 2 is 0.612 bits per heavy atom. The number of hydrogen-bond donors (Lipinski definition) is 0. The van der Waals surface area contributed by atoms with Crippen molar-refractivity contribution < 1.29 is 0 Å². The van der Waals surface area contributed by atoms with E-state index in [2.05, 4.69) is 392 Å². The van der Waals surface area contributed by atoms with Gasteiger partial charge in [0.25, 0.3) is 6.71 Å². The van der Waals surface area contributed by atoms with Gasteiger partial charge in [0.2, 0.25) is 0 Å². The average molecular weight is 1310 g/mol. The minimum absolute atomic E-state index is 0.249. The number of para-hydroxylation sites is 6. The van der Waals surface area contributed by atoms with Crippen molar-refractivity contribution in [2.75, 3.05) is 9.80 Å². The zero-order valence-electron chi connectivity index (χ0n) is 57.4. The maximum absolute atomic E-state index is 2.75. The lowest BCUT2D eigenvalue weighted by atomic mass is 9.33.